The molecule has 3 aromatic carbocycles. The van der Waals surface area contributed by atoms with Gasteiger partial charge in [-0.25, -0.2) is 18.5 Å². The van der Waals surface area contributed by atoms with E-state index in [1.54, 1.807) is 18.2 Å². The van der Waals surface area contributed by atoms with Crippen LogP contribution in [-0.2, 0) is 10.0 Å². The topological polar surface area (TPSA) is 88.8 Å². The fourth-order valence-corrected chi connectivity index (χ4v) is 4.19. The molecule has 4 rings (SSSR count). The lowest BCUT2D eigenvalue weighted by Gasteiger charge is -2.07. The number of aromatic nitrogens is 2. The van der Waals surface area contributed by atoms with Gasteiger partial charge in [-0.3, -0.25) is 0 Å². The van der Waals surface area contributed by atoms with Gasteiger partial charge in [-0.1, -0.05) is 58.4 Å². The molecule has 0 amide bonds. The number of imidazole rings is 1. The van der Waals surface area contributed by atoms with Crippen LogP contribution < -0.4 is 5.14 Å². The van der Waals surface area contributed by atoms with Crippen LogP contribution in [0.25, 0.3) is 34.3 Å². The molecule has 0 saturated carbocycles. The number of hydrogen-bond acceptors (Lipinski definition) is 3. The van der Waals surface area contributed by atoms with Gasteiger partial charge >= 0.3 is 0 Å². The van der Waals surface area contributed by atoms with Gasteiger partial charge in [-0.15, -0.1) is 0 Å². The van der Waals surface area contributed by atoms with Crippen molar-refractivity contribution in [3.05, 3.63) is 82.6 Å². The number of nitrogens with two attached hydrogens (primary N) is 1. The molecule has 0 aliphatic heterocycles. The Hall–Kier alpha value is -2.74. The summed E-state index contributed by atoms with van der Waals surface area (Å²) in [6, 6.07) is 20.2. The van der Waals surface area contributed by atoms with Gasteiger partial charge in [0, 0.05) is 10.0 Å². The van der Waals surface area contributed by atoms with Crippen LogP contribution in [0.1, 0.15) is 11.4 Å². The monoisotopic (exact) mass is 453 g/mol. The van der Waals surface area contributed by atoms with Gasteiger partial charge in [0.2, 0.25) is 10.0 Å². The Balaban J connectivity index is 1.72. The molecule has 28 heavy (non-hydrogen) atoms. The molecule has 0 aliphatic rings. The molecule has 5 nitrogen and oxygen atoms in total. The average Bonchev–Trinajstić information content (AvgIpc) is 3.08. The highest BCUT2D eigenvalue weighted by Gasteiger charge is 2.15. The number of nitrogens with one attached hydrogen (secondary N) is 1. The molecule has 0 aliphatic carbocycles. The third kappa shape index (κ3) is 3.91. The minimum atomic E-state index is -3.81. The number of rotatable bonds is 4. The number of benzene rings is 3. The minimum Gasteiger partial charge on any atom is -0.338 e. The van der Waals surface area contributed by atoms with Crippen molar-refractivity contribution in [2.24, 2.45) is 5.14 Å². The number of nitrogens with zero attached hydrogens (tertiary/aromatic N) is 1. The molecule has 4 aromatic rings. The maximum atomic E-state index is 11.9. The zero-order valence-corrected chi connectivity index (χ0v) is 17.0. The first-order valence-electron chi connectivity index (χ1n) is 8.46. The predicted molar refractivity (Wildman–Crippen MR) is 116 cm³/mol. The lowest BCUT2D eigenvalue weighted by Crippen LogP contribution is -2.13. The largest absolute Gasteiger partial charge is 0.338 e. The van der Waals surface area contributed by atoms with E-state index in [2.05, 4.69) is 25.9 Å². The smallest absolute Gasteiger partial charge is 0.238 e. The van der Waals surface area contributed by atoms with E-state index in [0.717, 1.165) is 26.6 Å². The van der Waals surface area contributed by atoms with Gasteiger partial charge in [0.25, 0.3) is 0 Å². The Labute approximate surface area is 171 Å². The van der Waals surface area contributed by atoms with Gasteiger partial charge in [0.15, 0.2) is 0 Å². The Morgan fingerprint density at radius 2 is 1.79 bits per heavy atom. The normalized spacial score (nSPS) is 12.1. The first kappa shape index (κ1) is 18.6. The maximum Gasteiger partial charge on any atom is 0.238 e. The zero-order chi connectivity index (χ0) is 19.7. The van der Waals surface area contributed by atoms with Crippen molar-refractivity contribution in [3.8, 4) is 11.1 Å². The third-order valence-electron chi connectivity index (χ3n) is 4.29. The summed E-state index contributed by atoms with van der Waals surface area (Å²) in [4.78, 5) is 7.92. The summed E-state index contributed by atoms with van der Waals surface area (Å²) in [6.45, 7) is 0. The Morgan fingerprint density at radius 3 is 2.57 bits per heavy atom. The molecule has 7 heteroatoms. The van der Waals surface area contributed by atoms with E-state index < -0.39 is 10.0 Å². The second-order valence-electron chi connectivity index (χ2n) is 6.28. The molecule has 0 radical (unpaired) electrons. The van der Waals surface area contributed by atoms with Crippen molar-refractivity contribution in [1.29, 1.82) is 0 Å². The second kappa shape index (κ2) is 7.35. The Kier molecular flexibility index (Phi) is 4.89. The Bertz CT molecular complexity index is 1310. The number of hydrogen-bond donors (Lipinski definition) is 2. The molecule has 0 spiro atoms. The van der Waals surface area contributed by atoms with E-state index >= 15 is 0 Å². The molecule has 3 N–H and O–H groups in total. The van der Waals surface area contributed by atoms with E-state index in [1.165, 1.54) is 6.07 Å². The number of fused-ring (bicyclic) bond motifs is 1. The molecule has 0 fully saturated rings. The molecule has 0 saturated heterocycles. The number of primary sulfonamides is 1. The highest BCUT2D eigenvalue weighted by molar-refractivity contribution is 9.10. The van der Waals surface area contributed by atoms with E-state index in [4.69, 9.17) is 5.14 Å². The SMILES string of the molecule is NS(=O)(=O)c1ccccc1-c1ccc2nc(/C=C/c3cccc(Br)c3)[nH]c2c1. The lowest BCUT2D eigenvalue weighted by molar-refractivity contribution is 0.598. The molecule has 0 unspecified atom stereocenters. The summed E-state index contributed by atoms with van der Waals surface area (Å²) in [6.07, 6.45) is 3.87. The first-order valence-corrected chi connectivity index (χ1v) is 10.8. The zero-order valence-electron chi connectivity index (χ0n) is 14.6. The molecule has 1 aromatic heterocycles. The van der Waals surface area contributed by atoms with Crippen molar-refractivity contribution in [2.45, 2.75) is 4.90 Å². The number of sulfonamides is 1. The van der Waals surface area contributed by atoms with Crippen LogP contribution in [0.4, 0.5) is 0 Å². The quantitative estimate of drug-likeness (QED) is 0.464. The highest BCUT2D eigenvalue weighted by atomic mass is 79.9. The predicted octanol–water partition coefficient (Wildman–Crippen LogP) is 4.81. The summed E-state index contributed by atoms with van der Waals surface area (Å²) in [7, 11) is -3.81. The molecule has 140 valence electrons. The van der Waals surface area contributed by atoms with Crippen LogP contribution in [0.15, 0.2) is 76.1 Å². The maximum absolute atomic E-state index is 11.9. The van der Waals surface area contributed by atoms with Crippen molar-refractivity contribution in [3.63, 3.8) is 0 Å². The first-order chi connectivity index (χ1) is 13.4. The van der Waals surface area contributed by atoms with Crippen LogP contribution >= 0.6 is 15.9 Å². The lowest BCUT2D eigenvalue weighted by atomic mass is 10.1. The number of halogens is 1. The average molecular weight is 454 g/mol. The van der Waals surface area contributed by atoms with Crippen LogP contribution in [0.2, 0.25) is 0 Å². The van der Waals surface area contributed by atoms with Gasteiger partial charge in [-0.2, -0.15) is 0 Å². The van der Waals surface area contributed by atoms with Gasteiger partial charge < -0.3 is 4.98 Å². The van der Waals surface area contributed by atoms with E-state index in [1.807, 2.05) is 54.6 Å². The second-order valence-corrected chi connectivity index (χ2v) is 8.73. The van der Waals surface area contributed by atoms with Crippen LogP contribution in [0.5, 0.6) is 0 Å². The number of H-pyrrole nitrogens is 1. The van der Waals surface area contributed by atoms with Gasteiger partial charge in [0.1, 0.15) is 5.82 Å². The summed E-state index contributed by atoms with van der Waals surface area (Å²) < 4.78 is 24.8. The molecule has 0 bridgehead atoms. The van der Waals surface area contributed by atoms with Gasteiger partial charge in [-0.05, 0) is 47.5 Å². The minimum absolute atomic E-state index is 0.101. The van der Waals surface area contributed by atoms with Crippen molar-refractivity contribution in [2.75, 3.05) is 0 Å². The molecule has 0 atom stereocenters. The molecular weight excluding hydrogens is 438 g/mol. The van der Waals surface area contributed by atoms with E-state index in [-0.39, 0.29) is 4.90 Å². The summed E-state index contributed by atoms with van der Waals surface area (Å²) in [5.41, 5.74) is 3.98. The molecular formula is C21H16BrN3O2S. The summed E-state index contributed by atoms with van der Waals surface area (Å²) in [5.74, 6) is 0.715. The standard InChI is InChI=1S/C21H16BrN3O2S/c22-16-5-3-4-14(12-16)8-11-21-24-18-10-9-15(13-19(18)25-21)17-6-1-2-7-20(17)28(23,26)27/h1-13H,(H,24,25)(H2,23,26,27)/b11-8+. The summed E-state index contributed by atoms with van der Waals surface area (Å²) in [5, 5.41) is 5.36. The fraction of sp³-hybridized carbons (Fsp3) is 0. The van der Waals surface area contributed by atoms with Crippen LogP contribution in [-0.4, -0.2) is 18.4 Å². The third-order valence-corrected chi connectivity index (χ3v) is 5.75. The van der Waals surface area contributed by atoms with E-state index in [0.29, 0.717) is 11.4 Å². The van der Waals surface area contributed by atoms with Crippen LogP contribution in [0.3, 0.4) is 0 Å². The Morgan fingerprint density at radius 1 is 0.964 bits per heavy atom. The summed E-state index contributed by atoms with van der Waals surface area (Å²) >= 11 is 3.46. The molecule has 1 heterocycles. The van der Waals surface area contributed by atoms with E-state index in [9.17, 15) is 8.42 Å². The van der Waals surface area contributed by atoms with Crippen molar-refractivity contribution < 1.29 is 8.42 Å². The van der Waals surface area contributed by atoms with Crippen molar-refractivity contribution in [1.82, 2.24) is 9.97 Å². The fourth-order valence-electron chi connectivity index (χ4n) is 3.01. The number of aromatic amines is 1. The highest BCUT2D eigenvalue weighted by Crippen LogP contribution is 2.29. The van der Waals surface area contributed by atoms with Gasteiger partial charge in [0.05, 0.1) is 15.9 Å². The van der Waals surface area contributed by atoms with Crippen LogP contribution in [0, 0.1) is 0 Å². The van der Waals surface area contributed by atoms with Crippen molar-refractivity contribution >= 4 is 49.1 Å².